The van der Waals surface area contributed by atoms with Gasteiger partial charge in [-0.15, -0.1) is 0 Å². The average Bonchev–Trinajstić information content (AvgIpc) is 3.42. The Balaban J connectivity index is 1.72. The van der Waals surface area contributed by atoms with Gasteiger partial charge in [0.15, 0.2) is 0 Å². The molecule has 5 aromatic rings. The molecule has 6 nitrogen and oxygen atoms in total. The molecular formula is C25H18Cl2N4O2S. The van der Waals surface area contributed by atoms with Crippen LogP contribution in [0.3, 0.4) is 0 Å². The highest BCUT2D eigenvalue weighted by Crippen LogP contribution is 2.31. The van der Waals surface area contributed by atoms with E-state index >= 15 is 0 Å². The van der Waals surface area contributed by atoms with Gasteiger partial charge in [0.1, 0.15) is 5.75 Å². The highest BCUT2D eigenvalue weighted by Gasteiger charge is 2.21. The number of benzene rings is 3. The van der Waals surface area contributed by atoms with Gasteiger partial charge < -0.3 is 4.74 Å². The van der Waals surface area contributed by atoms with E-state index in [1.807, 2.05) is 48.5 Å². The van der Waals surface area contributed by atoms with Gasteiger partial charge in [-0.25, -0.2) is 4.98 Å². The van der Waals surface area contributed by atoms with Crippen molar-refractivity contribution < 1.29 is 4.74 Å². The van der Waals surface area contributed by atoms with Gasteiger partial charge in [-0.05, 0) is 61.5 Å². The molecule has 0 saturated carbocycles. The van der Waals surface area contributed by atoms with Gasteiger partial charge in [-0.1, -0.05) is 46.7 Å². The number of aromatic amines is 1. The third-order valence-electron chi connectivity index (χ3n) is 5.30. The number of para-hydroxylation sites is 1. The minimum Gasteiger partial charge on any atom is -0.497 e. The summed E-state index contributed by atoms with van der Waals surface area (Å²) < 4.78 is 7.73. The lowest BCUT2D eigenvalue weighted by Gasteiger charge is -2.05. The van der Waals surface area contributed by atoms with Crippen molar-refractivity contribution in [3.63, 3.8) is 0 Å². The van der Waals surface area contributed by atoms with Crippen LogP contribution >= 0.6 is 34.5 Å². The number of halogens is 2. The molecule has 0 saturated heterocycles. The van der Waals surface area contributed by atoms with E-state index in [1.54, 1.807) is 32.2 Å². The standard InChI is InChI=1S/C25H18Cl2N4O2S/c1-14(28-20-13-16(26)9-12-18(20)27)22-23(15-7-10-17(33-2)11-8-15)30-31(24(22)32)25-29-19-5-3-4-6-21(19)34-25/h3-13,30H,1-2H3. The summed E-state index contributed by atoms with van der Waals surface area (Å²) in [5.41, 5.74) is 3.39. The normalized spacial score (nSPS) is 11.8. The highest BCUT2D eigenvalue weighted by molar-refractivity contribution is 7.20. The summed E-state index contributed by atoms with van der Waals surface area (Å²) in [6.07, 6.45) is 0. The van der Waals surface area contributed by atoms with E-state index in [9.17, 15) is 4.79 Å². The molecule has 0 radical (unpaired) electrons. The number of hydrogen-bond acceptors (Lipinski definition) is 5. The predicted octanol–water partition coefficient (Wildman–Crippen LogP) is 6.90. The maximum atomic E-state index is 13.7. The molecule has 0 spiro atoms. The quantitative estimate of drug-likeness (QED) is 0.262. The Morgan fingerprint density at radius 3 is 2.59 bits per heavy atom. The molecule has 0 bridgehead atoms. The number of aromatic nitrogens is 3. The van der Waals surface area contributed by atoms with Gasteiger partial charge in [0, 0.05) is 10.6 Å². The van der Waals surface area contributed by atoms with E-state index < -0.39 is 0 Å². The van der Waals surface area contributed by atoms with Crippen LogP contribution in [0.1, 0.15) is 12.5 Å². The first-order valence-corrected chi connectivity index (χ1v) is 11.9. The summed E-state index contributed by atoms with van der Waals surface area (Å²) in [5.74, 6) is 0.717. The zero-order valence-electron chi connectivity index (χ0n) is 18.2. The fourth-order valence-corrected chi connectivity index (χ4v) is 4.89. The van der Waals surface area contributed by atoms with Crippen LogP contribution in [0.2, 0.25) is 10.0 Å². The topological polar surface area (TPSA) is 72.3 Å². The Kier molecular flexibility index (Phi) is 6.00. The highest BCUT2D eigenvalue weighted by atomic mass is 35.5. The molecule has 2 aromatic heterocycles. The summed E-state index contributed by atoms with van der Waals surface area (Å²) in [4.78, 5) is 23.0. The molecule has 0 atom stereocenters. The molecule has 0 aliphatic carbocycles. The van der Waals surface area contributed by atoms with Crippen molar-refractivity contribution in [3.05, 3.63) is 92.7 Å². The van der Waals surface area contributed by atoms with Gasteiger partial charge in [-0.2, -0.15) is 4.68 Å². The second-order valence-corrected chi connectivity index (χ2v) is 9.34. The first-order valence-electron chi connectivity index (χ1n) is 10.3. The molecule has 0 amide bonds. The second-order valence-electron chi connectivity index (χ2n) is 7.49. The first kappa shape index (κ1) is 22.4. The molecule has 9 heteroatoms. The van der Waals surface area contributed by atoms with E-state index in [2.05, 4.69) is 15.1 Å². The third kappa shape index (κ3) is 4.14. The van der Waals surface area contributed by atoms with Crippen LogP contribution in [0.25, 0.3) is 26.6 Å². The van der Waals surface area contributed by atoms with E-state index in [0.29, 0.717) is 43.6 Å². The average molecular weight is 509 g/mol. The fourth-order valence-electron chi connectivity index (χ4n) is 3.64. The van der Waals surface area contributed by atoms with Gasteiger partial charge in [0.2, 0.25) is 5.13 Å². The van der Waals surface area contributed by atoms with Crippen LogP contribution < -0.4 is 10.3 Å². The van der Waals surface area contributed by atoms with Crippen LogP contribution in [-0.4, -0.2) is 27.6 Å². The first-order chi connectivity index (χ1) is 16.4. The van der Waals surface area contributed by atoms with Crippen molar-refractivity contribution >= 4 is 56.2 Å². The molecular weight excluding hydrogens is 491 g/mol. The minimum atomic E-state index is -0.260. The van der Waals surface area contributed by atoms with Crippen molar-refractivity contribution in [2.45, 2.75) is 6.92 Å². The van der Waals surface area contributed by atoms with Gasteiger partial charge in [0.05, 0.1) is 45.0 Å². The van der Waals surface area contributed by atoms with E-state index in [1.165, 1.54) is 16.0 Å². The largest absolute Gasteiger partial charge is 0.497 e. The van der Waals surface area contributed by atoms with Crippen LogP contribution in [0.5, 0.6) is 5.75 Å². The van der Waals surface area contributed by atoms with Crippen LogP contribution in [0, 0.1) is 0 Å². The van der Waals surface area contributed by atoms with E-state index in [0.717, 1.165) is 15.8 Å². The molecule has 2 heterocycles. The zero-order chi connectivity index (χ0) is 23.8. The Morgan fingerprint density at radius 2 is 1.85 bits per heavy atom. The molecule has 0 unspecified atom stereocenters. The van der Waals surface area contributed by atoms with Crippen molar-refractivity contribution in [1.82, 2.24) is 14.8 Å². The van der Waals surface area contributed by atoms with Crippen molar-refractivity contribution in [3.8, 4) is 22.1 Å². The number of thiazole rings is 1. The predicted molar refractivity (Wildman–Crippen MR) is 140 cm³/mol. The molecule has 34 heavy (non-hydrogen) atoms. The third-order valence-corrected chi connectivity index (χ3v) is 6.88. The van der Waals surface area contributed by atoms with Crippen LogP contribution in [0.15, 0.2) is 76.5 Å². The molecule has 0 aliphatic rings. The second kappa shape index (κ2) is 9.10. The van der Waals surface area contributed by atoms with Crippen molar-refractivity contribution in [2.24, 2.45) is 4.99 Å². The lowest BCUT2D eigenvalue weighted by molar-refractivity contribution is 0.415. The summed E-state index contributed by atoms with van der Waals surface area (Å²) in [7, 11) is 1.61. The number of hydrogen-bond donors (Lipinski definition) is 1. The number of fused-ring (bicyclic) bond motifs is 1. The van der Waals surface area contributed by atoms with Crippen LogP contribution in [-0.2, 0) is 0 Å². The maximum Gasteiger partial charge on any atom is 0.283 e. The molecule has 5 rings (SSSR count). The summed E-state index contributed by atoms with van der Waals surface area (Å²) in [6, 6.07) is 20.2. The van der Waals surface area contributed by atoms with Crippen molar-refractivity contribution in [1.29, 1.82) is 0 Å². The Labute approximate surface area is 209 Å². The van der Waals surface area contributed by atoms with Gasteiger partial charge >= 0.3 is 0 Å². The molecule has 1 N–H and O–H groups in total. The Morgan fingerprint density at radius 1 is 1.09 bits per heavy atom. The van der Waals surface area contributed by atoms with Gasteiger partial charge in [0.25, 0.3) is 5.56 Å². The van der Waals surface area contributed by atoms with Crippen LogP contribution in [0.4, 0.5) is 5.69 Å². The van der Waals surface area contributed by atoms with E-state index in [4.69, 9.17) is 27.9 Å². The molecule has 0 fully saturated rings. The smallest absolute Gasteiger partial charge is 0.283 e. The molecule has 0 aliphatic heterocycles. The number of methoxy groups -OCH3 is 1. The number of nitrogens with one attached hydrogen (secondary N) is 1. The SMILES string of the molecule is COc1ccc(-c2[nH]n(-c3nc4ccccc4s3)c(=O)c2C(C)=Nc2cc(Cl)ccc2Cl)cc1. The maximum absolute atomic E-state index is 13.7. The Bertz CT molecular complexity index is 1570. The van der Waals surface area contributed by atoms with Gasteiger partial charge in [-0.3, -0.25) is 14.9 Å². The molecule has 170 valence electrons. The zero-order valence-corrected chi connectivity index (χ0v) is 20.5. The minimum absolute atomic E-state index is 0.260. The number of aliphatic imine (C=N–C) groups is 1. The lowest BCUT2D eigenvalue weighted by Crippen LogP contribution is -2.19. The van der Waals surface area contributed by atoms with Crippen molar-refractivity contribution in [2.75, 3.05) is 7.11 Å². The number of rotatable bonds is 5. The lowest BCUT2D eigenvalue weighted by atomic mass is 10.0. The number of H-pyrrole nitrogens is 1. The van der Waals surface area contributed by atoms with E-state index in [-0.39, 0.29) is 5.56 Å². The number of ether oxygens (including phenoxy) is 1. The number of nitrogens with zero attached hydrogens (tertiary/aromatic N) is 3. The summed E-state index contributed by atoms with van der Waals surface area (Å²) >= 11 is 13.9. The molecule has 3 aromatic carbocycles. The Hall–Kier alpha value is -3.39. The summed E-state index contributed by atoms with van der Waals surface area (Å²) in [5, 5.41) is 4.74. The fraction of sp³-hybridized carbons (Fsp3) is 0.0800. The monoisotopic (exact) mass is 508 g/mol. The summed E-state index contributed by atoms with van der Waals surface area (Å²) in [6.45, 7) is 1.78.